The van der Waals surface area contributed by atoms with Gasteiger partial charge >= 0.3 is 0 Å². The molecule has 3 nitrogen and oxygen atoms in total. The molecule has 0 fully saturated rings. The monoisotopic (exact) mass is 195 g/mol. The zero-order valence-electron chi connectivity index (χ0n) is 8.40. The van der Waals surface area contributed by atoms with Crippen LogP contribution in [0.3, 0.4) is 0 Å². The first-order valence-corrected chi connectivity index (χ1v) is 4.85. The van der Waals surface area contributed by atoms with Gasteiger partial charge in [0.25, 0.3) is 0 Å². The van der Waals surface area contributed by atoms with E-state index in [1.165, 1.54) is 5.56 Å². The van der Waals surface area contributed by atoms with Gasteiger partial charge in [0.15, 0.2) is 0 Å². The van der Waals surface area contributed by atoms with Crippen LogP contribution in [0.1, 0.15) is 12.5 Å². The molecule has 1 rings (SSSR count). The zero-order chi connectivity index (χ0) is 10.4. The van der Waals surface area contributed by atoms with Crippen molar-refractivity contribution in [3.63, 3.8) is 0 Å². The summed E-state index contributed by atoms with van der Waals surface area (Å²) in [4.78, 5) is 0. The Morgan fingerprint density at radius 3 is 2.50 bits per heavy atom. The highest BCUT2D eigenvalue weighted by atomic mass is 16.3. The fourth-order valence-electron chi connectivity index (χ4n) is 1.21. The van der Waals surface area contributed by atoms with Gasteiger partial charge in [-0.1, -0.05) is 12.1 Å². The molecular weight excluding hydrogens is 178 g/mol. The van der Waals surface area contributed by atoms with Crippen molar-refractivity contribution >= 4 is 0 Å². The SMILES string of the molecule is CC(O)CNCCc1ccc(O)cc1. The molecule has 0 saturated heterocycles. The van der Waals surface area contributed by atoms with E-state index in [9.17, 15) is 0 Å². The number of hydrogen-bond acceptors (Lipinski definition) is 3. The summed E-state index contributed by atoms with van der Waals surface area (Å²) < 4.78 is 0. The summed E-state index contributed by atoms with van der Waals surface area (Å²) in [5, 5.41) is 21.2. The number of phenolic OH excluding ortho intramolecular Hbond substituents is 1. The van der Waals surface area contributed by atoms with Crippen molar-refractivity contribution in [3.05, 3.63) is 29.8 Å². The maximum absolute atomic E-state index is 9.05. The van der Waals surface area contributed by atoms with Crippen LogP contribution in [0.4, 0.5) is 0 Å². The van der Waals surface area contributed by atoms with Crippen molar-refractivity contribution in [2.45, 2.75) is 19.4 Å². The maximum Gasteiger partial charge on any atom is 0.115 e. The first-order chi connectivity index (χ1) is 6.68. The first-order valence-electron chi connectivity index (χ1n) is 4.85. The van der Waals surface area contributed by atoms with E-state index < -0.39 is 0 Å². The van der Waals surface area contributed by atoms with E-state index in [4.69, 9.17) is 10.2 Å². The number of aliphatic hydroxyl groups excluding tert-OH is 1. The van der Waals surface area contributed by atoms with Gasteiger partial charge in [-0.2, -0.15) is 0 Å². The van der Waals surface area contributed by atoms with Crippen LogP contribution in [-0.2, 0) is 6.42 Å². The molecule has 0 aliphatic carbocycles. The topological polar surface area (TPSA) is 52.5 Å². The van der Waals surface area contributed by atoms with Gasteiger partial charge in [-0.3, -0.25) is 0 Å². The lowest BCUT2D eigenvalue weighted by molar-refractivity contribution is 0.191. The maximum atomic E-state index is 9.05. The second kappa shape index (κ2) is 5.62. The second-order valence-corrected chi connectivity index (χ2v) is 3.47. The molecule has 1 aromatic carbocycles. The Morgan fingerprint density at radius 2 is 1.93 bits per heavy atom. The highest BCUT2D eigenvalue weighted by Gasteiger charge is 1.95. The minimum Gasteiger partial charge on any atom is -0.508 e. The van der Waals surface area contributed by atoms with Crippen LogP contribution in [-0.4, -0.2) is 29.4 Å². The minimum atomic E-state index is -0.296. The molecule has 0 radical (unpaired) electrons. The number of nitrogens with one attached hydrogen (secondary N) is 1. The molecule has 0 aliphatic rings. The number of aliphatic hydroxyl groups is 1. The van der Waals surface area contributed by atoms with E-state index in [1.807, 2.05) is 12.1 Å². The Bertz CT molecular complexity index is 256. The largest absolute Gasteiger partial charge is 0.508 e. The molecule has 0 spiro atoms. The number of phenols is 1. The van der Waals surface area contributed by atoms with Crippen molar-refractivity contribution < 1.29 is 10.2 Å². The third-order valence-corrected chi connectivity index (χ3v) is 1.97. The lowest BCUT2D eigenvalue weighted by Crippen LogP contribution is -2.26. The molecule has 14 heavy (non-hydrogen) atoms. The molecule has 0 heterocycles. The fourth-order valence-corrected chi connectivity index (χ4v) is 1.21. The van der Waals surface area contributed by atoms with Crippen LogP contribution in [0.2, 0.25) is 0 Å². The summed E-state index contributed by atoms with van der Waals surface area (Å²) in [6, 6.07) is 7.17. The normalized spacial score (nSPS) is 12.7. The van der Waals surface area contributed by atoms with Gasteiger partial charge in [-0.05, 0) is 37.6 Å². The standard InChI is InChI=1S/C11H17NO2/c1-9(13)8-12-7-6-10-2-4-11(14)5-3-10/h2-5,9,12-14H,6-8H2,1H3. The van der Waals surface area contributed by atoms with Crippen LogP contribution in [0.5, 0.6) is 5.75 Å². The Hall–Kier alpha value is -1.06. The minimum absolute atomic E-state index is 0.296. The Morgan fingerprint density at radius 1 is 1.29 bits per heavy atom. The van der Waals surface area contributed by atoms with E-state index in [2.05, 4.69) is 5.32 Å². The van der Waals surface area contributed by atoms with Gasteiger partial charge in [0.05, 0.1) is 6.10 Å². The van der Waals surface area contributed by atoms with Crippen molar-refractivity contribution in [3.8, 4) is 5.75 Å². The number of rotatable bonds is 5. The van der Waals surface area contributed by atoms with Gasteiger partial charge in [-0.25, -0.2) is 0 Å². The van der Waals surface area contributed by atoms with Crippen molar-refractivity contribution in [1.29, 1.82) is 0 Å². The van der Waals surface area contributed by atoms with Gasteiger partial charge < -0.3 is 15.5 Å². The Kier molecular flexibility index (Phi) is 4.43. The molecule has 0 aromatic heterocycles. The molecule has 3 heteroatoms. The van der Waals surface area contributed by atoms with Crippen molar-refractivity contribution in [2.75, 3.05) is 13.1 Å². The van der Waals surface area contributed by atoms with Crippen molar-refractivity contribution in [1.82, 2.24) is 5.32 Å². The van der Waals surface area contributed by atoms with Crippen LogP contribution < -0.4 is 5.32 Å². The third-order valence-electron chi connectivity index (χ3n) is 1.97. The molecule has 78 valence electrons. The third kappa shape index (κ3) is 4.25. The fraction of sp³-hybridized carbons (Fsp3) is 0.455. The first kappa shape index (κ1) is 11.0. The van der Waals surface area contributed by atoms with Gasteiger partial charge in [-0.15, -0.1) is 0 Å². The Balaban J connectivity index is 2.21. The number of aromatic hydroxyl groups is 1. The highest BCUT2D eigenvalue weighted by Crippen LogP contribution is 2.09. The van der Waals surface area contributed by atoms with Crippen LogP contribution >= 0.6 is 0 Å². The molecule has 0 amide bonds. The van der Waals surface area contributed by atoms with Crippen LogP contribution in [0, 0.1) is 0 Å². The number of benzene rings is 1. The predicted molar refractivity (Wildman–Crippen MR) is 56.4 cm³/mol. The van der Waals surface area contributed by atoms with E-state index in [-0.39, 0.29) is 6.10 Å². The smallest absolute Gasteiger partial charge is 0.115 e. The average molecular weight is 195 g/mol. The molecule has 1 unspecified atom stereocenters. The summed E-state index contributed by atoms with van der Waals surface area (Å²) in [6.45, 7) is 3.22. The average Bonchev–Trinajstić information content (AvgIpc) is 2.15. The molecule has 3 N–H and O–H groups in total. The molecule has 1 atom stereocenters. The van der Waals surface area contributed by atoms with Gasteiger partial charge in [0.2, 0.25) is 0 Å². The molecule has 1 aromatic rings. The summed E-state index contributed by atoms with van der Waals surface area (Å²) in [5.41, 5.74) is 1.18. The van der Waals surface area contributed by atoms with E-state index in [0.717, 1.165) is 13.0 Å². The summed E-state index contributed by atoms with van der Waals surface area (Å²) in [6.07, 6.45) is 0.613. The lowest BCUT2D eigenvalue weighted by atomic mass is 10.1. The quantitative estimate of drug-likeness (QED) is 0.612. The zero-order valence-corrected chi connectivity index (χ0v) is 8.40. The van der Waals surface area contributed by atoms with Gasteiger partial charge in [0.1, 0.15) is 5.75 Å². The summed E-state index contributed by atoms with van der Waals surface area (Å²) >= 11 is 0. The summed E-state index contributed by atoms with van der Waals surface area (Å²) in [5.74, 6) is 0.297. The molecule has 0 bridgehead atoms. The molecular formula is C11H17NO2. The highest BCUT2D eigenvalue weighted by molar-refractivity contribution is 5.25. The second-order valence-electron chi connectivity index (χ2n) is 3.47. The predicted octanol–water partition coefficient (Wildman–Crippen LogP) is 0.905. The lowest BCUT2D eigenvalue weighted by Gasteiger charge is -2.06. The molecule has 0 aliphatic heterocycles. The van der Waals surface area contributed by atoms with Crippen LogP contribution in [0.25, 0.3) is 0 Å². The Labute approximate surface area is 84.4 Å². The van der Waals surface area contributed by atoms with E-state index in [1.54, 1.807) is 19.1 Å². The number of hydrogen-bond donors (Lipinski definition) is 3. The van der Waals surface area contributed by atoms with Gasteiger partial charge in [0, 0.05) is 6.54 Å². The van der Waals surface area contributed by atoms with Crippen molar-refractivity contribution in [2.24, 2.45) is 0 Å². The van der Waals surface area contributed by atoms with Crippen LogP contribution in [0.15, 0.2) is 24.3 Å². The van der Waals surface area contributed by atoms with E-state index >= 15 is 0 Å². The molecule has 0 saturated carbocycles. The van der Waals surface area contributed by atoms with E-state index in [0.29, 0.717) is 12.3 Å². The summed E-state index contributed by atoms with van der Waals surface area (Å²) in [7, 11) is 0.